The summed E-state index contributed by atoms with van der Waals surface area (Å²) in [7, 11) is 1.66. The Labute approximate surface area is 137 Å². The highest BCUT2D eigenvalue weighted by Gasteiger charge is 2.17. The number of anilines is 1. The number of carbonyl (C=O) groups excluding carboxylic acids is 1. The van der Waals surface area contributed by atoms with Gasteiger partial charge in [-0.2, -0.15) is 0 Å². The number of nitrogens with zero attached hydrogens (tertiary/aromatic N) is 2. The van der Waals surface area contributed by atoms with Gasteiger partial charge in [0.25, 0.3) is 0 Å². The first kappa shape index (κ1) is 17.7. The van der Waals surface area contributed by atoms with Crippen molar-refractivity contribution in [1.29, 1.82) is 0 Å². The zero-order chi connectivity index (χ0) is 16.5. The summed E-state index contributed by atoms with van der Waals surface area (Å²) < 4.78 is 17.9. The minimum Gasteiger partial charge on any atom is -0.385 e. The number of rotatable bonds is 8. The van der Waals surface area contributed by atoms with E-state index in [2.05, 4.69) is 15.1 Å². The van der Waals surface area contributed by atoms with Crippen molar-refractivity contribution in [1.82, 2.24) is 10.2 Å². The second-order valence-corrected chi connectivity index (χ2v) is 5.75. The molecule has 2 rings (SSSR count). The summed E-state index contributed by atoms with van der Waals surface area (Å²) in [5.41, 5.74) is 1.06. The number of carbonyl (C=O) groups is 1. The predicted molar refractivity (Wildman–Crippen MR) is 89.2 cm³/mol. The van der Waals surface area contributed by atoms with E-state index in [-0.39, 0.29) is 11.7 Å². The zero-order valence-electron chi connectivity index (χ0n) is 13.8. The molecule has 1 amide bonds. The van der Waals surface area contributed by atoms with Gasteiger partial charge in [-0.15, -0.1) is 0 Å². The van der Waals surface area contributed by atoms with Crippen LogP contribution >= 0.6 is 0 Å². The van der Waals surface area contributed by atoms with Gasteiger partial charge in [-0.3, -0.25) is 9.69 Å². The Balaban J connectivity index is 1.63. The third kappa shape index (κ3) is 6.15. The largest absolute Gasteiger partial charge is 0.385 e. The van der Waals surface area contributed by atoms with Crippen LogP contribution in [-0.4, -0.2) is 63.8 Å². The van der Waals surface area contributed by atoms with Crippen LogP contribution in [0, 0.1) is 5.82 Å². The molecule has 1 aliphatic rings. The Bertz CT molecular complexity index is 473. The number of ether oxygens (including phenoxy) is 1. The minimum absolute atomic E-state index is 0.0991. The second kappa shape index (κ2) is 9.47. The minimum atomic E-state index is -0.205. The summed E-state index contributed by atoms with van der Waals surface area (Å²) in [5, 5.41) is 2.91. The summed E-state index contributed by atoms with van der Waals surface area (Å²) in [4.78, 5) is 16.3. The van der Waals surface area contributed by atoms with E-state index in [9.17, 15) is 9.18 Å². The first-order valence-corrected chi connectivity index (χ1v) is 8.17. The molecule has 1 aromatic carbocycles. The monoisotopic (exact) mass is 323 g/mol. The van der Waals surface area contributed by atoms with Crippen LogP contribution < -0.4 is 10.2 Å². The summed E-state index contributed by atoms with van der Waals surface area (Å²) >= 11 is 0. The van der Waals surface area contributed by atoms with Crippen LogP contribution in [0.5, 0.6) is 0 Å². The van der Waals surface area contributed by atoms with Crippen molar-refractivity contribution >= 4 is 11.6 Å². The van der Waals surface area contributed by atoms with Gasteiger partial charge in [-0.1, -0.05) is 0 Å². The fourth-order valence-electron chi connectivity index (χ4n) is 2.67. The van der Waals surface area contributed by atoms with E-state index in [1.807, 2.05) is 12.1 Å². The first-order chi connectivity index (χ1) is 11.2. The Morgan fingerprint density at radius 2 is 1.91 bits per heavy atom. The molecule has 1 fully saturated rings. The highest BCUT2D eigenvalue weighted by Crippen LogP contribution is 2.16. The van der Waals surface area contributed by atoms with Gasteiger partial charge >= 0.3 is 0 Å². The molecule has 0 saturated carbocycles. The zero-order valence-corrected chi connectivity index (χ0v) is 13.8. The van der Waals surface area contributed by atoms with Crippen molar-refractivity contribution < 1.29 is 13.9 Å². The second-order valence-electron chi connectivity index (χ2n) is 5.75. The molecule has 0 atom stereocenters. The highest BCUT2D eigenvalue weighted by molar-refractivity contribution is 5.76. The van der Waals surface area contributed by atoms with Crippen LogP contribution in [0.1, 0.15) is 12.8 Å². The topological polar surface area (TPSA) is 44.8 Å². The molecule has 23 heavy (non-hydrogen) atoms. The number of methoxy groups -OCH3 is 1. The molecule has 128 valence electrons. The molecule has 1 heterocycles. The van der Waals surface area contributed by atoms with Crippen LogP contribution in [-0.2, 0) is 9.53 Å². The van der Waals surface area contributed by atoms with Crippen LogP contribution in [0.2, 0.25) is 0 Å². The van der Waals surface area contributed by atoms with Crippen molar-refractivity contribution in [2.45, 2.75) is 12.8 Å². The molecule has 5 nitrogen and oxygen atoms in total. The van der Waals surface area contributed by atoms with Crippen LogP contribution in [0.4, 0.5) is 10.1 Å². The normalized spacial score (nSPS) is 15.7. The number of benzene rings is 1. The Morgan fingerprint density at radius 3 is 2.57 bits per heavy atom. The average molecular weight is 323 g/mol. The van der Waals surface area contributed by atoms with Crippen LogP contribution in [0.25, 0.3) is 0 Å². The highest BCUT2D eigenvalue weighted by atomic mass is 19.1. The quantitative estimate of drug-likeness (QED) is 0.736. The number of hydrogen-bond donors (Lipinski definition) is 1. The maximum Gasteiger partial charge on any atom is 0.221 e. The van der Waals surface area contributed by atoms with Crippen molar-refractivity contribution in [3.8, 4) is 0 Å². The molecule has 1 saturated heterocycles. The molecule has 0 radical (unpaired) electrons. The standard InChI is InChI=1S/C17H26FN3O2/c1-23-14-2-8-19-17(22)7-9-20-10-12-21(13-11-20)16-5-3-15(18)4-6-16/h3-6H,2,7-14H2,1H3,(H,19,22). The van der Waals surface area contributed by atoms with Gasteiger partial charge in [0.1, 0.15) is 5.82 Å². The van der Waals surface area contributed by atoms with E-state index in [1.165, 1.54) is 12.1 Å². The van der Waals surface area contributed by atoms with Gasteiger partial charge in [0.05, 0.1) is 0 Å². The van der Waals surface area contributed by atoms with Crippen LogP contribution in [0.15, 0.2) is 24.3 Å². The van der Waals surface area contributed by atoms with Gasteiger partial charge in [-0.05, 0) is 30.7 Å². The SMILES string of the molecule is COCCCNC(=O)CCN1CCN(c2ccc(F)cc2)CC1. The Hall–Kier alpha value is -1.66. The van der Waals surface area contributed by atoms with Gasteiger partial charge in [0.2, 0.25) is 5.91 Å². The Morgan fingerprint density at radius 1 is 1.22 bits per heavy atom. The lowest BCUT2D eigenvalue weighted by Gasteiger charge is -2.36. The number of nitrogens with one attached hydrogen (secondary N) is 1. The molecular weight excluding hydrogens is 297 g/mol. The molecule has 1 N–H and O–H groups in total. The summed E-state index contributed by atoms with van der Waals surface area (Å²) in [6, 6.07) is 6.63. The molecule has 0 aliphatic carbocycles. The van der Waals surface area contributed by atoms with Crippen molar-refractivity contribution in [3.63, 3.8) is 0 Å². The third-order valence-electron chi connectivity index (χ3n) is 4.07. The molecular formula is C17H26FN3O2. The molecule has 0 spiro atoms. The van der Waals surface area contributed by atoms with Crippen molar-refractivity contribution in [2.24, 2.45) is 0 Å². The van der Waals surface area contributed by atoms with Crippen molar-refractivity contribution in [2.75, 3.05) is 57.9 Å². The Kier molecular flexibility index (Phi) is 7.29. The van der Waals surface area contributed by atoms with E-state index in [0.717, 1.165) is 44.8 Å². The fraction of sp³-hybridized carbons (Fsp3) is 0.588. The number of hydrogen-bond acceptors (Lipinski definition) is 4. The molecule has 6 heteroatoms. The van der Waals surface area contributed by atoms with Gasteiger partial charge in [0.15, 0.2) is 0 Å². The molecule has 1 aromatic rings. The van der Waals surface area contributed by atoms with E-state index >= 15 is 0 Å². The number of halogens is 1. The molecule has 1 aliphatic heterocycles. The lowest BCUT2D eigenvalue weighted by atomic mass is 10.2. The van der Waals surface area contributed by atoms with E-state index < -0.39 is 0 Å². The molecule has 0 bridgehead atoms. The first-order valence-electron chi connectivity index (χ1n) is 8.17. The lowest BCUT2D eigenvalue weighted by Crippen LogP contribution is -2.47. The summed E-state index contributed by atoms with van der Waals surface area (Å²) in [6.07, 6.45) is 1.38. The fourth-order valence-corrected chi connectivity index (χ4v) is 2.67. The summed E-state index contributed by atoms with van der Waals surface area (Å²) in [5.74, 6) is -0.106. The smallest absolute Gasteiger partial charge is 0.221 e. The van der Waals surface area contributed by atoms with Gasteiger partial charge < -0.3 is 15.0 Å². The third-order valence-corrected chi connectivity index (χ3v) is 4.07. The number of piperazine rings is 1. The lowest BCUT2D eigenvalue weighted by molar-refractivity contribution is -0.121. The van der Waals surface area contributed by atoms with Gasteiger partial charge in [-0.25, -0.2) is 4.39 Å². The number of amides is 1. The molecule has 0 unspecified atom stereocenters. The maximum atomic E-state index is 13.0. The average Bonchev–Trinajstić information content (AvgIpc) is 2.58. The predicted octanol–water partition coefficient (Wildman–Crippen LogP) is 1.49. The maximum absolute atomic E-state index is 13.0. The molecule has 0 aromatic heterocycles. The van der Waals surface area contributed by atoms with Gasteiger partial charge in [0, 0.05) is 65.1 Å². The van der Waals surface area contributed by atoms with E-state index in [0.29, 0.717) is 19.6 Å². The van der Waals surface area contributed by atoms with E-state index in [4.69, 9.17) is 4.74 Å². The van der Waals surface area contributed by atoms with E-state index in [1.54, 1.807) is 7.11 Å². The summed E-state index contributed by atoms with van der Waals surface area (Å²) in [6.45, 7) is 5.79. The van der Waals surface area contributed by atoms with Crippen LogP contribution in [0.3, 0.4) is 0 Å². The van der Waals surface area contributed by atoms with Crippen molar-refractivity contribution in [3.05, 3.63) is 30.1 Å².